The molecular formula is C17H26N2O2. The molecule has 3 rings (SSSR count). The zero-order valence-electron chi connectivity index (χ0n) is 12.7. The van der Waals surface area contributed by atoms with E-state index in [2.05, 4.69) is 17.0 Å². The van der Waals surface area contributed by atoms with Crippen LogP contribution < -0.4 is 15.2 Å². The Labute approximate surface area is 127 Å². The molecule has 0 amide bonds. The summed E-state index contributed by atoms with van der Waals surface area (Å²) in [6.07, 6.45) is 6.62. The van der Waals surface area contributed by atoms with E-state index in [1.54, 1.807) is 0 Å². The zero-order valence-corrected chi connectivity index (χ0v) is 12.7. The third-order valence-corrected chi connectivity index (χ3v) is 4.51. The first-order chi connectivity index (χ1) is 10.4. The van der Waals surface area contributed by atoms with Crippen LogP contribution in [0.4, 0.5) is 0 Å². The van der Waals surface area contributed by atoms with Gasteiger partial charge in [0.2, 0.25) is 0 Å². The van der Waals surface area contributed by atoms with Gasteiger partial charge in [-0.15, -0.1) is 0 Å². The van der Waals surface area contributed by atoms with Crippen molar-refractivity contribution in [3.63, 3.8) is 0 Å². The van der Waals surface area contributed by atoms with Crippen molar-refractivity contribution in [2.45, 2.75) is 38.1 Å². The molecule has 2 aliphatic heterocycles. The molecule has 0 aliphatic carbocycles. The highest BCUT2D eigenvalue weighted by molar-refractivity contribution is 5.44. The van der Waals surface area contributed by atoms with Gasteiger partial charge in [-0.3, -0.25) is 4.90 Å². The molecule has 4 heteroatoms. The van der Waals surface area contributed by atoms with E-state index in [9.17, 15) is 0 Å². The van der Waals surface area contributed by atoms with Crippen molar-refractivity contribution in [2.24, 2.45) is 5.73 Å². The molecular weight excluding hydrogens is 264 g/mol. The zero-order chi connectivity index (χ0) is 14.5. The van der Waals surface area contributed by atoms with E-state index in [0.29, 0.717) is 25.8 Å². The fourth-order valence-corrected chi connectivity index (χ4v) is 3.35. The van der Waals surface area contributed by atoms with Gasteiger partial charge < -0.3 is 15.2 Å². The lowest BCUT2D eigenvalue weighted by Crippen LogP contribution is -2.36. The number of ether oxygens (including phenoxy) is 2. The minimum atomic E-state index is 0.291. The normalized spacial score (nSPS) is 21.4. The number of rotatable bonds is 3. The average molecular weight is 290 g/mol. The monoisotopic (exact) mass is 290 g/mol. The number of hydrogen-bond donors (Lipinski definition) is 1. The maximum Gasteiger partial charge on any atom is 0.161 e. The molecule has 21 heavy (non-hydrogen) atoms. The topological polar surface area (TPSA) is 47.7 Å². The Balaban J connectivity index is 1.78. The van der Waals surface area contributed by atoms with Crippen molar-refractivity contribution < 1.29 is 9.47 Å². The molecule has 2 N–H and O–H groups in total. The van der Waals surface area contributed by atoms with Crippen LogP contribution in [0.3, 0.4) is 0 Å². The second-order valence-corrected chi connectivity index (χ2v) is 5.96. The lowest BCUT2D eigenvalue weighted by molar-refractivity contribution is 0.167. The van der Waals surface area contributed by atoms with Gasteiger partial charge in [0.05, 0.1) is 0 Å². The van der Waals surface area contributed by atoms with Gasteiger partial charge in [0.25, 0.3) is 0 Å². The van der Waals surface area contributed by atoms with Crippen molar-refractivity contribution in [3.05, 3.63) is 23.8 Å². The van der Waals surface area contributed by atoms with E-state index in [-0.39, 0.29) is 0 Å². The molecule has 2 aliphatic rings. The minimum Gasteiger partial charge on any atom is -0.486 e. The van der Waals surface area contributed by atoms with Crippen molar-refractivity contribution in [2.75, 3.05) is 32.8 Å². The maximum absolute atomic E-state index is 6.09. The Morgan fingerprint density at radius 2 is 1.62 bits per heavy atom. The number of benzene rings is 1. The van der Waals surface area contributed by atoms with E-state index in [0.717, 1.165) is 24.6 Å². The highest BCUT2D eigenvalue weighted by atomic mass is 16.6. The fraction of sp³-hybridized carbons (Fsp3) is 0.647. The first-order valence-corrected chi connectivity index (χ1v) is 8.22. The quantitative estimate of drug-likeness (QED) is 0.930. The highest BCUT2D eigenvalue weighted by Crippen LogP contribution is 2.34. The van der Waals surface area contributed by atoms with Crippen molar-refractivity contribution in [1.82, 2.24) is 4.90 Å². The molecule has 1 saturated heterocycles. The maximum atomic E-state index is 6.09. The van der Waals surface area contributed by atoms with Gasteiger partial charge in [0, 0.05) is 12.6 Å². The summed E-state index contributed by atoms with van der Waals surface area (Å²) < 4.78 is 11.3. The van der Waals surface area contributed by atoms with Crippen LogP contribution in [0.5, 0.6) is 11.5 Å². The van der Waals surface area contributed by atoms with Crippen LogP contribution >= 0.6 is 0 Å². The Morgan fingerprint density at radius 3 is 2.33 bits per heavy atom. The summed E-state index contributed by atoms with van der Waals surface area (Å²) in [6, 6.07) is 6.57. The lowest BCUT2D eigenvalue weighted by Gasteiger charge is -2.33. The van der Waals surface area contributed by atoms with Crippen LogP contribution in [0.2, 0.25) is 0 Å². The largest absolute Gasteiger partial charge is 0.486 e. The number of hydrogen-bond acceptors (Lipinski definition) is 4. The molecule has 4 nitrogen and oxygen atoms in total. The van der Waals surface area contributed by atoms with Gasteiger partial charge in [0.15, 0.2) is 11.5 Å². The summed E-state index contributed by atoms with van der Waals surface area (Å²) in [5.74, 6) is 1.72. The van der Waals surface area contributed by atoms with Crippen molar-refractivity contribution in [3.8, 4) is 11.5 Å². The Kier molecular flexibility index (Phi) is 4.99. The van der Waals surface area contributed by atoms with Gasteiger partial charge in [-0.1, -0.05) is 25.3 Å². The first kappa shape index (κ1) is 14.7. The molecule has 0 radical (unpaired) electrons. The standard InChI is InChI=1S/C17H26N2O2/c18-13-15(19-8-4-2-1-3-5-9-19)14-6-7-16-17(12-14)21-11-10-20-16/h6-7,12,15H,1-5,8-11,13,18H2. The molecule has 1 unspecified atom stereocenters. The molecule has 0 bridgehead atoms. The summed E-state index contributed by atoms with van der Waals surface area (Å²) in [6.45, 7) is 4.22. The molecule has 1 fully saturated rings. The van der Waals surface area contributed by atoms with E-state index in [1.807, 2.05) is 6.07 Å². The van der Waals surface area contributed by atoms with Crippen molar-refractivity contribution in [1.29, 1.82) is 0 Å². The molecule has 1 aromatic carbocycles. The first-order valence-electron chi connectivity index (χ1n) is 8.22. The Hall–Kier alpha value is -1.26. The predicted octanol–water partition coefficient (Wildman–Crippen LogP) is 2.72. The van der Waals surface area contributed by atoms with Crippen LogP contribution in [0.1, 0.15) is 43.7 Å². The second kappa shape index (κ2) is 7.14. The lowest BCUT2D eigenvalue weighted by atomic mass is 10.0. The Bertz CT molecular complexity index is 456. The number of fused-ring (bicyclic) bond motifs is 1. The van der Waals surface area contributed by atoms with E-state index >= 15 is 0 Å². The van der Waals surface area contributed by atoms with Gasteiger partial charge in [-0.2, -0.15) is 0 Å². The molecule has 0 aromatic heterocycles. The number of nitrogens with zero attached hydrogens (tertiary/aromatic N) is 1. The minimum absolute atomic E-state index is 0.291. The molecule has 0 spiro atoms. The third kappa shape index (κ3) is 3.50. The summed E-state index contributed by atoms with van der Waals surface area (Å²) in [5, 5.41) is 0. The average Bonchev–Trinajstić information content (AvgIpc) is 2.49. The van der Waals surface area contributed by atoms with Gasteiger partial charge in [0.1, 0.15) is 13.2 Å². The van der Waals surface area contributed by atoms with Crippen molar-refractivity contribution >= 4 is 0 Å². The molecule has 2 heterocycles. The number of nitrogens with two attached hydrogens (primary N) is 1. The molecule has 1 atom stereocenters. The fourth-order valence-electron chi connectivity index (χ4n) is 3.35. The number of likely N-dealkylation sites (tertiary alicyclic amines) is 1. The third-order valence-electron chi connectivity index (χ3n) is 4.51. The summed E-state index contributed by atoms with van der Waals surface area (Å²) in [4.78, 5) is 2.55. The Morgan fingerprint density at radius 1 is 0.952 bits per heavy atom. The smallest absolute Gasteiger partial charge is 0.161 e. The van der Waals surface area contributed by atoms with Gasteiger partial charge in [-0.05, 0) is 43.6 Å². The van der Waals surface area contributed by atoms with Crippen LogP contribution in [0.25, 0.3) is 0 Å². The van der Waals surface area contributed by atoms with E-state index in [1.165, 1.54) is 37.7 Å². The van der Waals surface area contributed by atoms with E-state index < -0.39 is 0 Å². The van der Waals surface area contributed by atoms with E-state index in [4.69, 9.17) is 15.2 Å². The van der Waals surface area contributed by atoms with Crippen LogP contribution in [0.15, 0.2) is 18.2 Å². The SMILES string of the molecule is NCC(c1ccc2c(c1)OCCO2)N1CCCCCCC1. The van der Waals surface area contributed by atoms with Crippen LogP contribution in [-0.2, 0) is 0 Å². The molecule has 116 valence electrons. The van der Waals surface area contributed by atoms with Gasteiger partial charge in [-0.25, -0.2) is 0 Å². The van der Waals surface area contributed by atoms with Crippen LogP contribution in [-0.4, -0.2) is 37.7 Å². The predicted molar refractivity (Wildman–Crippen MR) is 83.9 cm³/mol. The molecule has 0 saturated carbocycles. The second-order valence-electron chi connectivity index (χ2n) is 5.96. The molecule has 1 aromatic rings. The highest BCUT2D eigenvalue weighted by Gasteiger charge is 2.22. The van der Waals surface area contributed by atoms with Gasteiger partial charge >= 0.3 is 0 Å². The summed E-state index contributed by atoms with van der Waals surface area (Å²) in [7, 11) is 0. The summed E-state index contributed by atoms with van der Waals surface area (Å²) in [5.41, 5.74) is 7.34. The van der Waals surface area contributed by atoms with Crippen LogP contribution in [0, 0.1) is 0 Å². The summed E-state index contributed by atoms with van der Waals surface area (Å²) >= 11 is 0.